The molecule has 6 aromatic rings. The Labute approximate surface area is 388 Å². The van der Waals surface area contributed by atoms with Crippen molar-refractivity contribution in [3.05, 3.63) is 118 Å². The number of H-pyrrole nitrogens is 1. The number of ether oxygens (including phenoxy) is 3. The van der Waals surface area contributed by atoms with Crippen molar-refractivity contribution in [2.75, 3.05) is 65.7 Å². The molecule has 3 N–H and O–H groups in total. The summed E-state index contributed by atoms with van der Waals surface area (Å²) in [5.41, 5.74) is 4.00. The first-order valence-corrected chi connectivity index (χ1v) is 22.5. The Kier molecular flexibility index (Phi) is 13.5. The number of hydrogen-bond acceptors (Lipinski definition) is 11. The van der Waals surface area contributed by atoms with E-state index in [0.29, 0.717) is 102 Å². The lowest BCUT2D eigenvalue weighted by Crippen LogP contribution is -2.52. The lowest BCUT2D eigenvalue weighted by Gasteiger charge is -2.34. The smallest absolute Gasteiger partial charge is 0.416 e. The Balaban J connectivity index is 0.685. The van der Waals surface area contributed by atoms with Crippen LogP contribution >= 0.6 is 11.6 Å². The third-order valence-electron chi connectivity index (χ3n) is 12.3. The summed E-state index contributed by atoms with van der Waals surface area (Å²) in [5.74, 6) is 0.473. The number of aromatic nitrogens is 4. The van der Waals surface area contributed by atoms with Crippen molar-refractivity contribution in [3.63, 3.8) is 0 Å². The van der Waals surface area contributed by atoms with Crippen LogP contribution in [0.4, 0.5) is 13.2 Å². The maximum Gasteiger partial charge on any atom is 0.416 e. The summed E-state index contributed by atoms with van der Waals surface area (Å²) >= 11 is 6.15. The molecule has 0 saturated carbocycles. The first-order valence-electron chi connectivity index (χ1n) is 22.1. The summed E-state index contributed by atoms with van der Waals surface area (Å²) in [6, 6.07) is 22.2. The molecule has 1 unspecified atom stereocenters. The molecule has 0 bridgehead atoms. The van der Waals surface area contributed by atoms with E-state index in [1.165, 1.54) is 21.7 Å². The number of hydrogen-bond donors (Lipinski definition) is 3. The van der Waals surface area contributed by atoms with Crippen molar-refractivity contribution in [3.8, 4) is 34.6 Å². The van der Waals surface area contributed by atoms with Crippen molar-refractivity contribution in [2.45, 2.75) is 44.4 Å². The van der Waals surface area contributed by atoms with Gasteiger partial charge in [-0.3, -0.25) is 29.5 Å². The fraction of sp³-hybridized carbons (Fsp3) is 0.354. The third-order valence-corrected chi connectivity index (χ3v) is 12.6. The maximum absolute atomic E-state index is 13.4. The lowest BCUT2D eigenvalue weighted by atomic mass is 10.00. The number of piperidine rings is 1. The second kappa shape index (κ2) is 19.8. The van der Waals surface area contributed by atoms with E-state index in [2.05, 4.69) is 30.2 Å². The Morgan fingerprint density at radius 2 is 1.52 bits per heavy atom. The largest absolute Gasteiger partial charge is 0.493 e. The highest BCUT2D eigenvalue weighted by Gasteiger charge is 2.39. The van der Waals surface area contributed by atoms with Gasteiger partial charge in [-0.05, 0) is 91.1 Å². The van der Waals surface area contributed by atoms with Crippen LogP contribution in [-0.2, 0) is 39.9 Å². The van der Waals surface area contributed by atoms with Gasteiger partial charge in [0.05, 0.1) is 29.8 Å². The van der Waals surface area contributed by atoms with Crippen LogP contribution in [0.1, 0.15) is 45.5 Å². The number of nitrogens with one attached hydrogen (secondary N) is 2. The second-order valence-electron chi connectivity index (χ2n) is 16.7. The number of nitrogens with zero attached hydrogens (tertiary/aromatic N) is 6. The highest BCUT2D eigenvalue weighted by molar-refractivity contribution is 6.31. The van der Waals surface area contributed by atoms with Crippen LogP contribution in [0.25, 0.3) is 28.2 Å². The molecule has 2 aromatic heterocycles. The molecule has 2 saturated heterocycles. The number of aryl methyl sites for hydroxylation is 1. The average molecular weight is 941 g/mol. The van der Waals surface area contributed by atoms with Crippen molar-refractivity contribution in [1.29, 1.82) is 0 Å². The fourth-order valence-electron chi connectivity index (χ4n) is 8.64. The van der Waals surface area contributed by atoms with Crippen molar-refractivity contribution in [1.82, 2.24) is 39.8 Å². The summed E-state index contributed by atoms with van der Waals surface area (Å²) in [7, 11) is 0. The summed E-state index contributed by atoms with van der Waals surface area (Å²) in [6.45, 7) is 7.43. The lowest BCUT2D eigenvalue weighted by molar-refractivity contribution is -0.138. The Morgan fingerprint density at radius 3 is 2.25 bits per heavy atom. The molecule has 2 fully saturated rings. The first kappa shape index (κ1) is 45.7. The number of aromatic hydroxyl groups is 1. The molecule has 67 heavy (non-hydrogen) atoms. The number of aromatic amines is 1. The maximum atomic E-state index is 13.4. The zero-order chi connectivity index (χ0) is 46.7. The Morgan fingerprint density at radius 1 is 0.806 bits per heavy atom. The van der Waals surface area contributed by atoms with Crippen LogP contribution in [0.5, 0.6) is 17.4 Å². The van der Waals surface area contributed by atoms with Crippen LogP contribution in [0, 0.1) is 0 Å². The number of benzene rings is 4. The van der Waals surface area contributed by atoms with Gasteiger partial charge in [-0.15, -0.1) is 0 Å². The molecule has 1 atom stereocenters. The molecule has 3 aliphatic heterocycles. The number of rotatable bonds is 17. The normalized spacial score (nSPS) is 17.0. The summed E-state index contributed by atoms with van der Waals surface area (Å²) < 4.78 is 59.2. The summed E-state index contributed by atoms with van der Waals surface area (Å²) in [5, 5.41) is 18.9. The van der Waals surface area contributed by atoms with Gasteiger partial charge in [-0.2, -0.15) is 23.0 Å². The van der Waals surface area contributed by atoms with Gasteiger partial charge in [-0.1, -0.05) is 35.9 Å². The van der Waals surface area contributed by atoms with E-state index in [0.717, 1.165) is 62.5 Å². The van der Waals surface area contributed by atoms with Crippen LogP contribution < -0.4 is 14.8 Å². The number of imidazole rings is 1. The zero-order valence-corrected chi connectivity index (χ0v) is 37.1. The molecular formula is C48H48ClF3N8O7. The van der Waals surface area contributed by atoms with Crippen molar-refractivity contribution < 1.29 is 46.9 Å². The molecule has 3 aliphatic rings. The predicted octanol–water partition coefficient (Wildman–Crippen LogP) is 6.43. The van der Waals surface area contributed by atoms with Gasteiger partial charge in [0, 0.05) is 73.9 Å². The summed E-state index contributed by atoms with van der Waals surface area (Å²) in [4.78, 5) is 50.8. The van der Waals surface area contributed by atoms with Crippen LogP contribution in [0.15, 0.2) is 84.9 Å². The van der Waals surface area contributed by atoms with Crippen molar-refractivity contribution >= 4 is 40.4 Å². The number of carbonyl (C=O) groups is 3. The first-order chi connectivity index (χ1) is 32.4. The van der Waals surface area contributed by atoms with E-state index in [-0.39, 0.29) is 30.1 Å². The van der Waals surface area contributed by atoms with E-state index in [1.54, 1.807) is 30.3 Å². The molecule has 9 rings (SSSR count). The SMILES string of the molecule is O=C1CCC(N2Cc3cc(OCCN4CCN(CCOCCOc5ccc(CCc6c(-c7ccc(C(F)(F)F)cc7)nn(-c7nc8cc(Cl)ccc8[nH]7)c6O)cc5)CC4)ccc3C2=O)C(=O)N1. The van der Waals surface area contributed by atoms with E-state index >= 15 is 0 Å². The minimum Gasteiger partial charge on any atom is -0.493 e. The average Bonchev–Trinajstić information content (AvgIpc) is 3.99. The number of piperazine rings is 1. The molecule has 4 aromatic carbocycles. The number of carbonyl (C=O) groups excluding carboxylic acids is 3. The number of halogens is 4. The minimum absolute atomic E-state index is 0.179. The van der Waals surface area contributed by atoms with Gasteiger partial charge in [0.25, 0.3) is 5.91 Å². The fourth-order valence-corrected chi connectivity index (χ4v) is 8.81. The number of fused-ring (bicyclic) bond motifs is 2. The number of alkyl halides is 3. The Hall–Kier alpha value is -6.47. The number of amides is 3. The highest BCUT2D eigenvalue weighted by Crippen LogP contribution is 2.36. The van der Waals surface area contributed by atoms with Gasteiger partial charge in [0.1, 0.15) is 36.4 Å². The molecule has 19 heteroatoms. The van der Waals surface area contributed by atoms with Gasteiger partial charge < -0.3 is 29.2 Å². The predicted molar refractivity (Wildman–Crippen MR) is 241 cm³/mol. The highest BCUT2D eigenvalue weighted by atomic mass is 35.5. The van der Waals surface area contributed by atoms with Gasteiger partial charge >= 0.3 is 6.18 Å². The van der Waals surface area contributed by atoms with Crippen molar-refractivity contribution in [2.24, 2.45) is 0 Å². The summed E-state index contributed by atoms with van der Waals surface area (Å²) in [6.07, 6.45) is -3.11. The van der Waals surface area contributed by atoms with Crippen LogP contribution in [-0.4, -0.2) is 129 Å². The topological polar surface area (TPSA) is 167 Å². The Bertz CT molecular complexity index is 2760. The van der Waals surface area contributed by atoms with E-state index in [1.807, 2.05) is 30.3 Å². The quantitative estimate of drug-likeness (QED) is 0.0682. The number of imide groups is 1. The molecular weight excluding hydrogens is 893 g/mol. The molecule has 0 spiro atoms. The molecule has 3 amide bonds. The van der Waals surface area contributed by atoms with Gasteiger partial charge in [0.2, 0.25) is 23.6 Å². The molecule has 5 heterocycles. The standard InChI is InChI=1S/C48H48ClF3N8O7/c49-34-8-14-39-40(28-34)54-47(53-39)60-46(64)38(43(56-60)31-4-6-33(7-5-31)48(50,51)52)12-3-30-1-9-35(10-2-30)67-26-25-65-23-21-57-17-19-58(20-18-57)22-24-66-36-11-13-37-32(27-36)29-59(45(37)63)41-15-16-42(61)55-44(41)62/h1-2,4-11,13-14,27-28,41,64H,3,12,15-26,29H2,(H,53,54)(H,55,61,62). The molecule has 350 valence electrons. The van der Waals surface area contributed by atoms with Gasteiger partial charge in [0.15, 0.2) is 0 Å². The second-order valence-corrected chi connectivity index (χ2v) is 17.2. The molecule has 0 radical (unpaired) electrons. The molecule has 0 aliphatic carbocycles. The van der Waals surface area contributed by atoms with E-state index in [4.69, 9.17) is 25.8 Å². The zero-order valence-electron chi connectivity index (χ0n) is 36.4. The van der Waals surface area contributed by atoms with E-state index in [9.17, 15) is 32.7 Å². The third kappa shape index (κ3) is 10.6. The van der Waals surface area contributed by atoms with E-state index < -0.39 is 23.7 Å². The molecule has 15 nitrogen and oxygen atoms in total. The van der Waals surface area contributed by atoms with Crippen LogP contribution in [0.2, 0.25) is 5.02 Å². The van der Waals surface area contributed by atoms with Gasteiger partial charge in [-0.25, -0.2) is 4.98 Å². The monoisotopic (exact) mass is 940 g/mol. The van der Waals surface area contributed by atoms with Crippen LogP contribution in [0.3, 0.4) is 0 Å². The minimum atomic E-state index is -4.49.